The zero-order chi connectivity index (χ0) is 22.6. The summed E-state index contributed by atoms with van der Waals surface area (Å²) in [6, 6.07) is 14.7. The molecule has 0 bridgehead atoms. The third-order valence-electron chi connectivity index (χ3n) is 6.52. The van der Waals surface area contributed by atoms with Gasteiger partial charge in [0, 0.05) is 0 Å². The fourth-order valence-corrected chi connectivity index (χ4v) is 4.37. The van der Waals surface area contributed by atoms with Crippen molar-refractivity contribution in [3.8, 4) is 17.6 Å². The maximum atomic E-state index is 11.7. The topological polar surface area (TPSA) is 35.5 Å². The normalized spacial score (nSPS) is 17.0. The molecule has 0 saturated heterocycles. The maximum absolute atomic E-state index is 11.7. The number of hydrogen-bond donors (Lipinski definition) is 0. The van der Waals surface area contributed by atoms with Crippen LogP contribution in [0.15, 0.2) is 42.5 Å². The standard InChI is InChI=1S/C28H34O3/c1-7-8-22(18-26(29)30-6)21-10-12-23(13-11-21)31-19-20-9-14-24-25(17-20)28(4,5)16-15-27(24,2)3/h9-14,17,22H,15-16,18-19H2,1-6H3/t22-/m0/s1. The van der Waals surface area contributed by atoms with Gasteiger partial charge in [0.15, 0.2) is 0 Å². The number of carbonyl (C=O) groups excluding carboxylic acids is 1. The van der Waals surface area contributed by atoms with Crippen LogP contribution in [0.2, 0.25) is 0 Å². The van der Waals surface area contributed by atoms with Gasteiger partial charge < -0.3 is 9.47 Å². The van der Waals surface area contributed by atoms with Crippen molar-refractivity contribution in [1.29, 1.82) is 0 Å². The van der Waals surface area contributed by atoms with E-state index in [1.165, 1.54) is 36.6 Å². The highest BCUT2D eigenvalue weighted by atomic mass is 16.5. The van der Waals surface area contributed by atoms with E-state index in [9.17, 15) is 4.79 Å². The fraction of sp³-hybridized carbons (Fsp3) is 0.464. The van der Waals surface area contributed by atoms with Crippen LogP contribution in [0, 0.1) is 11.8 Å². The first-order valence-corrected chi connectivity index (χ1v) is 11.0. The summed E-state index contributed by atoms with van der Waals surface area (Å²) in [6.45, 7) is 11.7. The number of fused-ring (bicyclic) bond motifs is 1. The summed E-state index contributed by atoms with van der Waals surface area (Å²) >= 11 is 0. The average molecular weight is 419 g/mol. The zero-order valence-corrected chi connectivity index (χ0v) is 19.7. The van der Waals surface area contributed by atoms with E-state index in [1.54, 1.807) is 6.92 Å². The molecule has 0 aliphatic heterocycles. The molecule has 1 aliphatic rings. The lowest BCUT2D eigenvalue weighted by Crippen LogP contribution is -2.33. The first kappa shape index (κ1) is 22.9. The molecule has 3 nitrogen and oxygen atoms in total. The minimum Gasteiger partial charge on any atom is -0.489 e. The number of benzene rings is 2. The van der Waals surface area contributed by atoms with Crippen LogP contribution in [0.4, 0.5) is 0 Å². The highest BCUT2D eigenvalue weighted by Crippen LogP contribution is 2.45. The summed E-state index contributed by atoms with van der Waals surface area (Å²) < 4.78 is 10.9. The molecule has 0 aromatic heterocycles. The molecule has 0 unspecified atom stereocenters. The highest BCUT2D eigenvalue weighted by molar-refractivity contribution is 5.71. The van der Waals surface area contributed by atoms with Crippen LogP contribution in [0.25, 0.3) is 0 Å². The van der Waals surface area contributed by atoms with Crippen LogP contribution >= 0.6 is 0 Å². The Morgan fingerprint density at radius 1 is 1.00 bits per heavy atom. The van der Waals surface area contributed by atoms with Gasteiger partial charge in [-0.1, -0.05) is 63.9 Å². The molecular formula is C28H34O3. The van der Waals surface area contributed by atoms with Gasteiger partial charge in [-0.05, 0) is 65.0 Å². The summed E-state index contributed by atoms with van der Waals surface area (Å²) in [5.41, 5.74) is 5.51. The van der Waals surface area contributed by atoms with E-state index >= 15 is 0 Å². The second-order valence-electron chi connectivity index (χ2n) is 9.73. The summed E-state index contributed by atoms with van der Waals surface area (Å²) in [5.74, 6) is 6.38. The molecule has 2 aromatic rings. The summed E-state index contributed by atoms with van der Waals surface area (Å²) in [7, 11) is 1.40. The Morgan fingerprint density at radius 3 is 2.26 bits per heavy atom. The van der Waals surface area contributed by atoms with Crippen LogP contribution in [-0.4, -0.2) is 13.1 Å². The SMILES string of the molecule is CC#C[C@@H](CC(=O)OC)c1ccc(OCc2ccc3c(c2)C(C)(C)CCC3(C)C)cc1. The number of methoxy groups -OCH3 is 1. The molecule has 0 amide bonds. The molecule has 31 heavy (non-hydrogen) atoms. The van der Waals surface area contributed by atoms with Crippen molar-refractivity contribution in [3.63, 3.8) is 0 Å². The second kappa shape index (κ2) is 9.18. The third-order valence-corrected chi connectivity index (χ3v) is 6.52. The predicted octanol–water partition coefficient (Wildman–Crippen LogP) is 6.28. The van der Waals surface area contributed by atoms with Crippen LogP contribution in [0.1, 0.15) is 82.1 Å². The molecule has 0 radical (unpaired) electrons. The van der Waals surface area contributed by atoms with E-state index in [1.807, 2.05) is 24.3 Å². The Labute approximate surface area is 187 Å². The third kappa shape index (κ3) is 5.31. The van der Waals surface area contributed by atoms with E-state index in [2.05, 4.69) is 57.7 Å². The molecule has 2 aromatic carbocycles. The van der Waals surface area contributed by atoms with Crippen LogP contribution in [-0.2, 0) is 27.0 Å². The van der Waals surface area contributed by atoms with Crippen molar-refractivity contribution in [1.82, 2.24) is 0 Å². The maximum Gasteiger partial charge on any atom is 0.307 e. The van der Waals surface area contributed by atoms with Crippen molar-refractivity contribution in [2.45, 2.75) is 77.2 Å². The highest BCUT2D eigenvalue weighted by Gasteiger charge is 2.36. The predicted molar refractivity (Wildman–Crippen MR) is 125 cm³/mol. The molecule has 1 atom stereocenters. The smallest absolute Gasteiger partial charge is 0.307 e. The first-order chi connectivity index (χ1) is 14.7. The number of carbonyl (C=O) groups is 1. The van der Waals surface area contributed by atoms with Gasteiger partial charge in [-0.25, -0.2) is 0 Å². The largest absolute Gasteiger partial charge is 0.489 e. The van der Waals surface area contributed by atoms with Crippen molar-refractivity contribution in [2.24, 2.45) is 0 Å². The van der Waals surface area contributed by atoms with Crippen LogP contribution in [0.3, 0.4) is 0 Å². The lowest BCUT2D eigenvalue weighted by molar-refractivity contribution is -0.140. The fourth-order valence-electron chi connectivity index (χ4n) is 4.37. The van der Waals surface area contributed by atoms with Gasteiger partial charge in [0.25, 0.3) is 0 Å². The molecular weight excluding hydrogens is 384 g/mol. The molecule has 164 valence electrons. The van der Waals surface area contributed by atoms with E-state index < -0.39 is 0 Å². The number of rotatable bonds is 6. The van der Waals surface area contributed by atoms with Crippen molar-refractivity contribution in [3.05, 3.63) is 64.7 Å². The van der Waals surface area contributed by atoms with Crippen LogP contribution < -0.4 is 4.74 Å². The second-order valence-corrected chi connectivity index (χ2v) is 9.73. The molecule has 3 rings (SSSR count). The molecule has 1 aliphatic carbocycles. The molecule has 0 N–H and O–H groups in total. The van der Waals surface area contributed by atoms with Crippen molar-refractivity contribution in [2.75, 3.05) is 7.11 Å². The van der Waals surface area contributed by atoms with Gasteiger partial charge in [-0.3, -0.25) is 4.79 Å². The van der Waals surface area contributed by atoms with Gasteiger partial charge in [0.1, 0.15) is 12.4 Å². The first-order valence-electron chi connectivity index (χ1n) is 11.0. The van der Waals surface area contributed by atoms with E-state index in [0.717, 1.165) is 11.3 Å². The number of hydrogen-bond acceptors (Lipinski definition) is 3. The number of esters is 1. The lowest BCUT2D eigenvalue weighted by atomic mass is 9.63. The van der Waals surface area contributed by atoms with Gasteiger partial charge >= 0.3 is 5.97 Å². The minimum atomic E-state index is -0.258. The summed E-state index contributed by atoms with van der Waals surface area (Å²) in [4.78, 5) is 11.7. The molecule has 0 heterocycles. The zero-order valence-electron chi connectivity index (χ0n) is 19.7. The van der Waals surface area contributed by atoms with Gasteiger partial charge in [-0.2, -0.15) is 0 Å². The number of ether oxygens (including phenoxy) is 2. The van der Waals surface area contributed by atoms with Crippen LogP contribution in [0.5, 0.6) is 5.75 Å². The Kier molecular flexibility index (Phi) is 6.80. The Bertz CT molecular complexity index is 987. The van der Waals surface area contributed by atoms with E-state index in [-0.39, 0.29) is 29.1 Å². The van der Waals surface area contributed by atoms with Crippen molar-refractivity contribution >= 4 is 5.97 Å². The van der Waals surface area contributed by atoms with E-state index in [4.69, 9.17) is 9.47 Å². The summed E-state index contributed by atoms with van der Waals surface area (Å²) in [5, 5.41) is 0. The average Bonchev–Trinajstić information content (AvgIpc) is 2.75. The van der Waals surface area contributed by atoms with Crippen molar-refractivity contribution < 1.29 is 14.3 Å². The quantitative estimate of drug-likeness (QED) is 0.409. The Balaban J connectivity index is 1.72. The Morgan fingerprint density at radius 2 is 1.65 bits per heavy atom. The Hall–Kier alpha value is -2.73. The molecule has 0 saturated carbocycles. The van der Waals surface area contributed by atoms with Gasteiger partial charge in [0.05, 0.1) is 19.4 Å². The lowest BCUT2D eigenvalue weighted by Gasteiger charge is -2.42. The monoisotopic (exact) mass is 418 g/mol. The summed E-state index contributed by atoms with van der Waals surface area (Å²) in [6.07, 6.45) is 2.67. The minimum absolute atomic E-state index is 0.169. The van der Waals surface area contributed by atoms with Gasteiger partial charge in [-0.15, -0.1) is 5.92 Å². The van der Waals surface area contributed by atoms with E-state index in [0.29, 0.717) is 6.61 Å². The molecule has 3 heteroatoms. The van der Waals surface area contributed by atoms with Gasteiger partial charge in [0.2, 0.25) is 0 Å². The molecule has 0 fully saturated rings. The molecule has 0 spiro atoms.